The molecule has 2 heteroatoms. The molecule has 1 atom stereocenters. The summed E-state index contributed by atoms with van der Waals surface area (Å²) in [6, 6.07) is 5.10. The van der Waals surface area contributed by atoms with Gasteiger partial charge in [-0.3, -0.25) is 0 Å². The molecule has 15 heavy (non-hydrogen) atoms. The van der Waals surface area contributed by atoms with Crippen LogP contribution < -0.4 is 5.32 Å². The quantitative estimate of drug-likeness (QED) is 0.768. The first kappa shape index (κ1) is 9.68. The predicted octanol–water partition coefficient (Wildman–Crippen LogP) is 3.25. The smallest absolute Gasteiger partial charge is 0.0444 e. The number of halogens is 1. The van der Waals surface area contributed by atoms with Gasteiger partial charge >= 0.3 is 0 Å². The number of hydrogen-bond donors (Lipinski definition) is 1. The highest BCUT2D eigenvalue weighted by Gasteiger charge is 2.20. The Morgan fingerprint density at radius 3 is 2.93 bits per heavy atom. The zero-order valence-corrected chi connectivity index (χ0v) is 9.61. The first-order valence-electron chi connectivity index (χ1n) is 5.89. The van der Waals surface area contributed by atoms with E-state index >= 15 is 0 Å². The summed E-state index contributed by atoms with van der Waals surface area (Å²) in [4.78, 5) is 0. The van der Waals surface area contributed by atoms with Crippen molar-refractivity contribution in [2.75, 3.05) is 6.54 Å². The summed E-state index contributed by atoms with van der Waals surface area (Å²) in [5.41, 5.74) is 4.29. The van der Waals surface area contributed by atoms with Crippen LogP contribution in [0, 0.1) is 0 Å². The second kappa shape index (κ2) is 3.80. The molecule has 1 aliphatic heterocycles. The molecule has 1 aromatic carbocycles. The van der Waals surface area contributed by atoms with E-state index in [1.54, 1.807) is 0 Å². The van der Waals surface area contributed by atoms with Crippen LogP contribution in [0.15, 0.2) is 12.1 Å². The van der Waals surface area contributed by atoms with Crippen molar-refractivity contribution in [2.24, 2.45) is 0 Å². The third-order valence-corrected chi connectivity index (χ3v) is 3.98. The predicted molar refractivity (Wildman–Crippen MR) is 63.5 cm³/mol. The van der Waals surface area contributed by atoms with Crippen LogP contribution in [-0.2, 0) is 12.8 Å². The summed E-state index contributed by atoms with van der Waals surface area (Å²) >= 11 is 6.33. The molecule has 0 aromatic heterocycles. The summed E-state index contributed by atoms with van der Waals surface area (Å²) in [6.45, 7) is 1.15. The van der Waals surface area contributed by atoms with Gasteiger partial charge in [0.2, 0.25) is 0 Å². The van der Waals surface area contributed by atoms with Crippen LogP contribution >= 0.6 is 11.6 Å². The van der Waals surface area contributed by atoms with Crippen LogP contribution in [0.3, 0.4) is 0 Å². The van der Waals surface area contributed by atoms with Crippen molar-refractivity contribution in [2.45, 2.75) is 38.1 Å². The first-order chi connectivity index (χ1) is 7.34. The monoisotopic (exact) mass is 221 g/mol. The summed E-state index contributed by atoms with van der Waals surface area (Å²) in [7, 11) is 0. The maximum absolute atomic E-state index is 6.33. The fourth-order valence-electron chi connectivity index (χ4n) is 2.85. The lowest BCUT2D eigenvalue weighted by atomic mass is 10.00. The molecule has 1 nitrogen and oxygen atoms in total. The molecular formula is C13H16ClN. The van der Waals surface area contributed by atoms with E-state index in [4.69, 9.17) is 11.6 Å². The topological polar surface area (TPSA) is 12.0 Å². The molecule has 1 unspecified atom stereocenters. The Labute approximate surface area is 95.8 Å². The van der Waals surface area contributed by atoms with Crippen LogP contribution in [0.25, 0.3) is 0 Å². The number of nitrogens with one attached hydrogen (secondary N) is 1. The lowest BCUT2D eigenvalue weighted by Crippen LogP contribution is -2.13. The molecule has 0 bridgehead atoms. The molecule has 0 radical (unpaired) electrons. The van der Waals surface area contributed by atoms with Gasteiger partial charge in [0.25, 0.3) is 0 Å². The fraction of sp³-hybridized carbons (Fsp3) is 0.538. The van der Waals surface area contributed by atoms with Crippen molar-refractivity contribution >= 4 is 11.6 Å². The van der Waals surface area contributed by atoms with Gasteiger partial charge in [-0.1, -0.05) is 17.7 Å². The second-order valence-electron chi connectivity index (χ2n) is 4.64. The lowest BCUT2D eigenvalue weighted by Gasteiger charge is -2.13. The van der Waals surface area contributed by atoms with E-state index < -0.39 is 0 Å². The third-order valence-electron chi connectivity index (χ3n) is 3.65. The van der Waals surface area contributed by atoms with Crippen LogP contribution in [0.2, 0.25) is 5.02 Å². The summed E-state index contributed by atoms with van der Waals surface area (Å²) < 4.78 is 0. The van der Waals surface area contributed by atoms with Gasteiger partial charge in [0, 0.05) is 11.1 Å². The highest BCUT2D eigenvalue weighted by molar-refractivity contribution is 6.31. The van der Waals surface area contributed by atoms with Crippen LogP contribution in [-0.4, -0.2) is 6.54 Å². The third kappa shape index (κ3) is 1.68. The second-order valence-corrected chi connectivity index (χ2v) is 5.05. The Morgan fingerprint density at radius 2 is 2.13 bits per heavy atom. The standard InChI is InChI=1S/C13H16ClN/c14-12-8-10(13-5-2-6-15-13)7-9-3-1-4-11(9)12/h7-8,13,15H,1-6H2. The number of rotatable bonds is 1. The van der Waals surface area contributed by atoms with E-state index in [-0.39, 0.29) is 0 Å². The van der Waals surface area contributed by atoms with E-state index in [2.05, 4.69) is 17.4 Å². The molecule has 0 saturated carbocycles. The van der Waals surface area contributed by atoms with E-state index in [0.717, 1.165) is 11.6 Å². The highest BCUT2D eigenvalue weighted by Crippen LogP contribution is 2.34. The van der Waals surface area contributed by atoms with Crippen molar-refractivity contribution in [3.8, 4) is 0 Å². The molecule has 3 rings (SSSR count). The van der Waals surface area contributed by atoms with Gasteiger partial charge in [-0.15, -0.1) is 0 Å². The van der Waals surface area contributed by atoms with Crippen molar-refractivity contribution in [3.05, 3.63) is 33.8 Å². The Balaban J connectivity index is 1.99. The highest BCUT2D eigenvalue weighted by atomic mass is 35.5. The number of fused-ring (bicyclic) bond motifs is 1. The Morgan fingerprint density at radius 1 is 1.20 bits per heavy atom. The summed E-state index contributed by atoms with van der Waals surface area (Å²) in [6.07, 6.45) is 6.22. The lowest BCUT2D eigenvalue weighted by molar-refractivity contribution is 0.647. The molecule has 1 fully saturated rings. The zero-order valence-electron chi connectivity index (χ0n) is 8.85. The molecule has 1 saturated heterocycles. The SMILES string of the molecule is Clc1cc(C2CCCN2)cc2c1CCC2. The molecular weight excluding hydrogens is 206 g/mol. The average Bonchev–Trinajstić information content (AvgIpc) is 2.88. The van der Waals surface area contributed by atoms with Crippen molar-refractivity contribution in [1.82, 2.24) is 5.32 Å². The van der Waals surface area contributed by atoms with E-state index in [0.29, 0.717) is 6.04 Å². The number of aryl methyl sites for hydroxylation is 1. The minimum absolute atomic E-state index is 0.549. The first-order valence-corrected chi connectivity index (χ1v) is 6.27. The van der Waals surface area contributed by atoms with Gasteiger partial charge in [-0.05, 0) is 61.4 Å². The van der Waals surface area contributed by atoms with E-state index in [9.17, 15) is 0 Å². The minimum atomic E-state index is 0.549. The van der Waals surface area contributed by atoms with Gasteiger partial charge in [-0.25, -0.2) is 0 Å². The molecule has 1 aromatic rings. The zero-order chi connectivity index (χ0) is 10.3. The maximum Gasteiger partial charge on any atom is 0.0444 e. The Bertz CT molecular complexity index is 380. The van der Waals surface area contributed by atoms with Crippen molar-refractivity contribution in [3.63, 3.8) is 0 Å². The summed E-state index contributed by atoms with van der Waals surface area (Å²) in [5.74, 6) is 0. The van der Waals surface area contributed by atoms with E-state index in [1.807, 2.05) is 0 Å². The fourth-order valence-corrected chi connectivity index (χ4v) is 3.19. The van der Waals surface area contributed by atoms with E-state index in [1.165, 1.54) is 48.8 Å². The minimum Gasteiger partial charge on any atom is -0.310 e. The number of hydrogen-bond acceptors (Lipinski definition) is 1. The molecule has 80 valence electrons. The van der Waals surface area contributed by atoms with Gasteiger partial charge in [0.05, 0.1) is 0 Å². The molecule has 1 aliphatic carbocycles. The van der Waals surface area contributed by atoms with Gasteiger partial charge < -0.3 is 5.32 Å². The van der Waals surface area contributed by atoms with Gasteiger partial charge in [-0.2, -0.15) is 0 Å². The van der Waals surface area contributed by atoms with Crippen LogP contribution in [0.4, 0.5) is 0 Å². The largest absolute Gasteiger partial charge is 0.310 e. The molecule has 0 spiro atoms. The van der Waals surface area contributed by atoms with Crippen molar-refractivity contribution < 1.29 is 0 Å². The number of benzene rings is 1. The van der Waals surface area contributed by atoms with Crippen LogP contribution in [0.5, 0.6) is 0 Å². The normalized spacial score (nSPS) is 24.5. The molecule has 1 N–H and O–H groups in total. The average molecular weight is 222 g/mol. The molecule has 0 amide bonds. The van der Waals surface area contributed by atoms with Gasteiger partial charge in [0.15, 0.2) is 0 Å². The molecule has 1 heterocycles. The van der Waals surface area contributed by atoms with Gasteiger partial charge in [0.1, 0.15) is 0 Å². The Kier molecular flexibility index (Phi) is 2.45. The maximum atomic E-state index is 6.33. The molecule has 2 aliphatic rings. The van der Waals surface area contributed by atoms with Crippen LogP contribution in [0.1, 0.15) is 42.0 Å². The summed E-state index contributed by atoms with van der Waals surface area (Å²) in [5, 5.41) is 4.53. The van der Waals surface area contributed by atoms with Crippen molar-refractivity contribution in [1.29, 1.82) is 0 Å². The Hall–Kier alpha value is -0.530.